The Morgan fingerprint density at radius 3 is 2.89 bits per heavy atom. The molecule has 1 atom stereocenters. The molecule has 1 saturated heterocycles. The third-order valence-electron chi connectivity index (χ3n) is 3.01. The number of anilines is 1. The van der Waals surface area contributed by atoms with Crippen LogP contribution >= 0.6 is 15.9 Å². The lowest BCUT2D eigenvalue weighted by Crippen LogP contribution is -2.23. The van der Waals surface area contributed by atoms with E-state index in [-0.39, 0.29) is 6.10 Å². The molecule has 0 radical (unpaired) electrons. The predicted octanol–water partition coefficient (Wildman–Crippen LogP) is 2.72. The van der Waals surface area contributed by atoms with Gasteiger partial charge in [0.05, 0.1) is 11.0 Å². The molecule has 1 heterocycles. The Hall–Kier alpha value is -1.21. The summed E-state index contributed by atoms with van der Waals surface area (Å²) >= 11 is 3.16. The van der Waals surface area contributed by atoms with Crippen molar-refractivity contribution in [2.45, 2.75) is 12.5 Å². The first kappa shape index (κ1) is 13.2. The van der Waals surface area contributed by atoms with Gasteiger partial charge >= 0.3 is 5.69 Å². The maximum Gasteiger partial charge on any atom is 0.327 e. The van der Waals surface area contributed by atoms with Gasteiger partial charge in [-0.3, -0.25) is 10.1 Å². The van der Waals surface area contributed by atoms with E-state index < -0.39 is 16.4 Å². The van der Waals surface area contributed by atoms with Crippen molar-refractivity contribution in [3.8, 4) is 0 Å². The molecule has 1 aromatic rings. The minimum absolute atomic E-state index is 0.0339. The molecule has 98 valence electrons. The number of halogens is 2. The van der Waals surface area contributed by atoms with Gasteiger partial charge in [-0.05, 0) is 18.6 Å². The van der Waals surface area contributed by atoms with E-state index in [1.54, 1.807) is 18.1 Å². The molecule has 0 N–H and O–H groups in total. The van der Waals surface area contributed by atoms with Crippen LogP contribution in [0.5, 0.6) is 0 Å². The highest BCUT2D eigenvalue weighted by Gasteiger charge is 2.30. The van der Waals surface area contributed by atoms with Gasteiger partial charge in [0.25, 0.3) is 0 Å². The zero-order chi connectivity index (χ0) is 13.3. The fourth-order valence-electron chi connectivity index (χ4n) is 2.11. The zero-order valence-electron chi connectivity index (χ0n) is 9.73. The molecule has 0 amide bonds. The standard InChI is InChI=1S/C11H12BrFN2O3/c1-18-8-2-3-14(6-8)10-5-7(12)4-9(13)11(10)15(16)17/h4-5,8H,2-3,6H2,1H3. The number of hydrogen-bond acceptors (Lipinski definition) is 4. The van der Waals surface area contributed by atoms with Crippen molar-refractivity contribution in [1.29, 1.82) is 0 Å². The summed E-state index contributed by atoms with van der Waals surface area (Å²) in [5.41, 5.74) is -0.179. The van der Waals surface area contributed by atoms with E-state index in [1.807, 2.05) is 0 Å². The quantitative estimate of drug-likeness (QED) is 0.635. The minimum Gasteiger partial charge on any atom is -0.380 e. The maximum atomic E-state index is 13.7. The summed E-state index contributed by atoms with van der Waals surface area (Å²) in [5.74, 6) is -0.828. The van der Waals surface area contributed by atoms with Crippen LogP contribution in [0.15, 0.2) is 16.6 Å². The third-order valence-corrected chi connectivity index (χ3v) is 3.47. The Kier molecular flexibility index (Phi) is 3.82. The minimum atomic E-state index is -0.828. The Bertz CT molecular complexity index is 484. The fourth-order valence-corrected chi connectivity index (χ4v) is 2.53. The number of benzene rings is 1. The van der Waals surface area contributed by atoms with Gasteiger partial charge in [0.2, 0.25) is 5.82 Å². The van der Waals surface area contributed by atoms with Crippen molar-refractivity contribution in [1.82, 2.24) is 0 Å². The Balaban J connectivity index is 2.40. The summed E-state index contributed by atoms with van der Waals surface area (Å²) in [6, 6.07) is 2.67. The second-order valence-corrected chi connectivity index (χ2v) is 5.02. The summed E-state index contributed by atoms with van der Waals surface area (Å²) < 4.78 is 19.4. The van der Waals surface area contributed by atoms with Crippen molar-refractivity contribution in [2.75, 3.05) is 25.1 Å². The molecule has 0 saturated carbocycles. The van der Waals surface area contributed by atoms with Gasteiger partial charge < -0.3 is 9.64 Å². The van der Waals surface area contributed by atoms with Crippen LogP contribution in [0.4, 0.5) is 15.8 Å². The molecular formula is C11H12BrFN2O3. The zero-order valence-corrected chi connectivity index (χ0v) is 11.3. The lowest BCUT2D eigenvalue weighted by atomic mass is 10.2. The average Bonchev–Trinajstić information content (AvgIpc) is 2.75. The summed E-state index contributed by atoms with van der Waals surface area (Å²) in [7, 11) is 1.60. The number of ether oxygens (including phenoxy) is 1. The number of hydrogen-bond donors (Lipinski definition) is 0. The summed E-state index contributed by atoms with van der Waals surface area (Å²) in [6.45, 7) is 1.16. The van der Waals surface area contributed by atoms with E-state index in [1.165, 1.54) is 0 Å². The molecule has 5 nitrogen and oxygen atoms in total. The van der Waals surface area contributed by atoms with Crippen molar-refractivity contribution in [3.63, 3.8) is 0 Å². The Morgan fingerprint density at radius 2 is 2.33 bits per heavy atom. The molecule has 18 heavy (non-hydrogen) atoms. The molecular weight excluding hydrogens is 307 g/mol. The highest BCUT2D eigenvalue weighted by Crippen LogP contribution is 2.36. The van der Waals surface area contributed by atoms with Gasteiger partial charge in [-0.1, -0.05) is 15.9 Å². The second kappa shape index (κ2) is 5.19. The first-order valence-corrected chi connectivity index (χ1v) is 6.23. The van der Waals surface area contributed by atoms with Crippen molar-refractivity contribution in [3.05, 3.63) is 32.5 Å². The van der Waals surface area contributed by atoms with Gasteiger partial charge in [-0.25, -0.2) is 0 Å². The number of nitro groups is 1. The first-order chi connectivity index (χ1) is 8.52. The predicted molar refractivity (Wildman–Crippen MR) is 68.4 cm³/mol. The highest BCUT2D eigenvalue weighted by molar-refractivity contribution is 9.10. The Labute approximate surface area is 112 Å². The molecule has 2 rings (SSSR count). The van der Waals surface area contributed by atoms with Gasteiger partial charge in [-0.2, -0.15) is 4.39 Å². The first-order valence-electron chi connectivity index (χ1n) is 5.44. The van der Waals surface area contributed by atoms with Crippen LogP contribution in [-0.4, -0.2) is 31.2 Å². The normalized spacial score (nSPS) is 19.3. The van der Waals surface area contributed by atoms with E-state index in [2.05, 4.69) is 15.9 Å². The van der Waals surface area contributed by atoms with E-state index in [0.717, 1.165) is 12.5 Å². The monoisotopic (exact) mass is 318 g/mol. The van der Waals surface area contributed by atoms with E-state index in [4.69, 9.17) is 4.74 Å². The van der Waals surface area contributed by atoms with Crippen molar-refractivity contribution < 1.29 is 14.1 Å². The van der Waals surface area contributed by atoms with Gasteiger partial charge in [0.1, 0.15) is 5.69 Å². The van der Waals surface area contributed by atoms with Gasteiger partial charge in [0.15, 0.2) is 0 Å². The second-order valence-electron chi connectivity index (χ2n) is 4.10. The van der Waals surface area contributed by atoms with Crippen molar-refractivity contribution >= 4 is 27.3 Å². The molecule has 1 aliphatic rings. The fraction of sp³-hybridized carbons (Fsp3) is 0.455. The lowest BCUT2D eigenvalue weighted by molar-refractivity contribution is -0.386. The summed E-state index contributed by atoms with van der Waals surface area (Å²) in [6.07, 6.45) is 0.813. The molecule has 1 fully saturated rings. The van der Waals surface area contributed by atoms with Crippen LogP contribution in [-0.2, 0) is 4.74 Å². The van der Waals surface area contributed by atoms with Crippen LogP contribution in [0.25, 0.3) is 0 Å². The number of nitrogens with zero attached hydrogens (tertiary/aromatic N) is 2. The Morgan fingerprint density at radius 1 is 1.61 bits per heavy atom. The van der Waals surface area contributed by atoms with Crippen molar-refractivity contribution in [2.24, 2.45) is 0 Å². The molecule has 1 aromatic carbocycles. The van der Waals surface area contributed by atoms with Gasteiger partial charge in [0, 0.05) is 24.7 Å². The SMILES string of the molecule is COC1CCN(c2cc(Br)cc(F)c2[N+](=O)[O-])C1. The molecule has 1 unspecified atom stereocenters. The van der Waals surface area contributed by atoms with E-state index in [0.29, 0.717) is 23.2 Å². The largest absolute Gasteiger partial charge is 0.380 e. The molecule has 0 bridgehead atoms. The molecule has 1 aliphatic heterocycles. The maximum absolute atomic E-state index is 13.7. The van der Waals surface area contributed by atoms with E-state index >= 15 is 0 Å². The van der Waals surface area contributed by atoms with Gasteiger partial charge in [-0.15, -0.1) is 0 Å². The van der Waals surface area contributed by atoms with Crippen LogP contribution in [0, 0.1) is 15.9 Å². The summed E-state index contributed by atoms with van der Waals surface area (Å²) in [4.78, 5) is 12.0. The molecule has 7 heteroatoms. The molecule has 0 aromatic heterocycles. The van der Waals surface area contributed by atoms with Crippen LogP contribution < -0.4 is 4.90 Å². The smallest absolute Gasteiger partial charge is 0.327 e. The number of nitro benzene ring substituents is 1. The number of methoxy groups -OCH3 is 1. The van der Waals surface area contributed by atoms with Crippen LogP contribution in [0.3, 0.4) is 0 Å². The van der Waals surface area contributed by atoms with Crippen LogP contribution in [0.1, 0.15) is 6.42 Å². The molecule has 0 spiro atoms. The topological polar surface area (TPSA) is 55.6 Å². The van der Waals surface area contributed by atoms with Crippen LogP contribution in [0.2, 0.25) is 0 Å². The third kappa shape index (κ3) is 2.46. The lowest BCUT2D eigenvalue weighted by Gasteiger charge is -2.18. The summed E-state index contributed by atoms with van der Waals surface area (Å²) in [5, 5.41) is 11.0. The highest BCUT2D eigenvalue weighted by atomic mass is 79.9. The average molecular weight is 319 g/mol. The van der Waals surface area contributed by atoms with E-state index in [9.17, 15) is 14.5 Å². The molecule has 0 aliphatic carbocycles. The number of rotatable bonds is 3.